The maximum atomic E-state index is 11.5. The Labute approximate surface area is 131 Å². The number of amidine groups is 1. The number of esters is 1. The summed E-state index contributed by atoms with van der Waals surface area (Å²) in [6, 6.07) is 10.5. The van der Waals surface area contributed by atoms with Crippen LogP contribution in [0.1, 0.15) is 10.6 Å². The van der Waals surface area contributed by atoms with E-state index in [0.29, 0.717) is 22.2 Å². The summed E-state index contributed by atoms with van der Waals surface area (Å²) in [5.41, 5.74) is 1.34. The van der Waals surface area contributed by atoms with E-state index in [4.69, 9.17) is 9.68 Å². The highest BCUT2D eigenvalue weighted by Crippen LogP contribution is 2.32. The van der Waals surface area contributed by atoms with Crippen molar-refractivity contribution in [3.63, 3.8) is 0 Å². The fourth-order valence-corrected chi connectivity index (χ4v) is 2.09. The molecule has 0 saturated heterocycles. The van der Waals surface area contributed by atoms with E-state index in [1.54, 1.807) is 18.2 Å². The van der Waals surface area contributed by atoms with Gasteiger partial charge in [-0.3, -0.25) is 5.32 Å². The molecule has 0 saturated carbocycles. The number of nitrogens with zero attached hydrogens (tertiary/aromatic N) is 2. The zero-order chi connectivity index (χ0) is 15.9. The van der Waals surface area contributed by atoms with Crippen molar-refractivity contribution in [2.45, 2.75) is 0 Å². The predicted molar refractivity (Wildman–Crippen MR) is 84.8 cm³/mol. The van der Waals surface area contributed by atoms with Crippen molar-refractivity contribution in [3.05, 3.63) is 42.2 Å². The second kappa shape index (κ2) is 7.33. The van der Waals surface area contributed by atoms with Crippen molar-refractivity contribution in [3.8, 4) is 17.5 Å². The van der Waals surface area contributed by atoms with Gasteiger partial charge in [0.1, 0.15) is 5.76 Å². The minimum atomic E-state index is -0.539. The highest BCUT2D eigenvalue weighted by Gasteiger charge is 2.14. The number of benzene rings is 1. The third-order valence-electron chi connectivity index (χ3n) is 2.74. The van der Waals surface area contributed by atoms with Gasteiger partial charge in [0.2, 0.25) is 5.76 Å². The van der Waals surface area contributed by atoms with Crippen LogP contribution < -0.4 is 5.32 Å². The zero-order valence-electron chi connectivity index (χ0n) is 12.0. The average molecular weight is 315 g/mol. The molecule has 1 heterocycles. The topological polar surface area (TPSA) is 87.6 Å². The first kappa shape index (κ1) is 15.7. The van der Waals surface area contributed by atoms with Gasteiger partial charge in [-0.05, 0) is 30.5 Å². The molecule has 7 heteroatoms. The van der Waals surface area contributed by atoms with Crippen LogP contribution in [0, 0.1) is 11.5 Å². The second-order valence-corrected chi connectivity index (χ2v) is 4.83. The Balaban J connectivity index is 2.42. The van der Waals surface area contributed by atoms with E-state index >= 15 is 0 Å². The SMILES string of the molecule is COC(=O)c1ccc(-c2ccccc2N=C(NC#N)SC)o1. The number of hydrogen-bond acceptors (Lipinski definition) is 6. The molecule has 1 aromatic carbocycles. The minimum absolute atomic E-state index is 0.122. The first-order valence-electron chi connectivity index (χ1n) is 6.25. The Bertz CT molecular complexity index is 746. The molecule has 6 nitrogen and oxygen atoms in total. The number of furan rings is 1. The van der Waals surface area contributed by atoms with E-state index < -0.39 is 5.97 Å². The summed E-state index contributed by atoms with van der Waals surface area (Å²) in [6.07, 6.45) is 3.65. The first-order valence-corrected chi connectivity index (χ1v) is 7.47. The molecule has 0 unspecified atom stereocenters. The number of thioether (sulfide) groups is 1. The van der Waals surface area contributed by atoms with Crippen molar-refractivity contribution >= 4 is 28.6 Å². The number of hydrogen-bond donors (Lipinski definition) is 1. The zero-order valence-corrected chi connectivity index (χ0v) is 12.8. The number of carbonyl (C=O) groups is 1. The lowest BCUT2D eigenvalue weighted by molar-refractivity contribution is 0.0566. The Hall–Kier alpha value is -2.72. The van der Waals surface area contributed by atoms with Crippen LogP contribution in [0.2, 0.25) is 0 Å². The standard InChI is InChI=1S/C15H13N3O3S/c1-20-14(19)13-8-7-12(21-13)10-5-3-4-6-11(10)18-15(22-2)17-9-16/h3-8H,1-2H3,(H,17,18). The highest BCUT2D eigenvalue weighted by atomic mass is 32.2. The highest BCUT2D eigenvalue weighted by molar-refractivity contribution is 8.13. The van der Waals surface area contributed by atoms with E-state index in [1.807, 2.05) is 30.6 Å². The van der Waals surface area contributed by atoms with Gasteiger partial charge in [-0.1, -0.05) is 23.9 Å². The van der Waals surface area contributed by atoms with Gasteiger partial charge in [-0.2, -0.15) is 5.26 Å². The summed E-state index contributed by atoms with van der Waals surface area (Å²) in [5.74, 6) is 0.0804. The Morgan fingerprint density at radius 3 is 2.82 bits per heavy atom. The maximum absolute atomic E-state index is 11.5. The van der Waals surface area contributed by atoms with Crippen LogP contribution in [-0.2, 0) is 4.74 Å². The largest absolute Gasteiger partial charge is 0.463 e. The van der Waals surface area contributed by atoms with Crippen LogP contribution in [0.15, 0.2) is 45.8 Å². The number of ether oxygens (including phenoxy) is 1. The molecule has 0 radical (unpaired) electrons. The van der Waals surface area contributed by atoms with Crippen LogP contribution >= 0.6 is 11.8 Å². The smallest absolute Gasteiger partial charge is 0.373 e. The number of aliphatic imine (C=N–C) groups is 1. The molecule has 22 heavy (non-hydrogen) atoms. The van der Waals surface area contributed by atoms with Crippen LogP contribution in [0.5, 0.6) is 0 Å². The fraction of sp³-hybridized carbons (Fsp3) is 0.133. The molecule has 0 atom stereocenters. The summed E-state index contributed by atoms with van der Waals surface area (Å²) in [4.78, 5) is 15.8. The third kappa shape index (κ3) is 3.48. The summed E-state index contributed by atoms with van der Waals surface area (Å²) < 4.78 is 10.1. The molecule has 1 N–H and O–H groups in total. The molecule has 0 bridgehead atoms. The summed E-state index contributed by atoms with van der Waals surface area (Å²) in [7, 11) is 1.29. The van der Waals surface area contributed by atoms with Crippen LogP contribution in [0.3, 0.4) is 0 Å². The van der Waals surface area contributed by atoms with Crippen LogP contribution in [0.4, 0.5) is 5.69 Å². The monoisotopic (exact) mass is 315 g/mol. The lowest BCUT2D eigenvalue weighted by atomic mass is 10.1. The average Bonchev–Trinajstić information content (AvgIpc) is 3.04. The van der Waals surface area contributed by atoms with E-state index in [-0.39, 0.29) is 5.76 Å². The minimum Gasteiger partial charge on any atom is -0.463 e. The summed E-state index contributed by atoms with van der Waals surface area (Å²) >= 11 is 1.32. The first-order chi connectivity index (χ1) is 10.7. The van der Waals surface area contributed by atoms with E-state index in [1.165, 1.54) is 18.9 Å². The molecule has 0 fully saturated rings. The number of carbonyl (C=O) groups excluding carboxylic acids is 1. The molecule has 0 aliphatic rings. The Morgan fingerprint density at radius 1 is 1.36 bits per heavy atom. The van der Waals surface area contributed by atoms with Gasteiger partial charge in [-0.15, -0.1) is 0 Å². The molecular weight excluding hydrogens is 302 g/mol. The molecule has 0 aliphatic carbocycles. The number of para-hydroxylation sites is 1. The van der Waals surface area contributed by atoms with Crippen molar-refractivity contribution in [2.75, 3.05) is 13.4 Å². The van der Waals surface area contributed by atoms with Gasteiger partial charge in [0.05, 0.1) is 12.8 Å². The van der Waals surface area contributed by atoms with Crippen molar-refractivity contribution in [1.82, 2.24) is 5.32 Å². The molecule has 0 spiro atoms. The van der Waals surface area contributed by atoms with E-state index in [9.17, 15) is 4.79 Å². The molecule has 0 aliphatic heterocycles. The lowest BCUT2D eigenvalue weighted by Gasteiger charge is -2.04. The molecule has 0 amide bonds. The molecule has 112 valence electrons. The number of rotatable bonds is 3. The quantitative estimate of drug-likeness (QED) is 0.308. The number of nitriles is 1. The van der Waals surface area contributed by atoms with Crippen molar-refractivity contribution in [2.24, 2.45) is 4.99 Å². The Morgan fingerprint density at radius 2 is 2.14 bits per heavy atom. The maximum Gasteiger partial charge on any atom is 0.373 e. The second-order valence-electron chi connectivity index (χ2n) is 4.03. The molecule has 2 rings (SSSR count). The van der Waals surface area contributed by atoms with E-state index in [2.05, 4.69) is 15.0 Å². The van der Waals surface area contributed by atoms with Crippen LogP contribution in [0.25, 0.3) is 11.3 Å². The molecule has 2 aromatic rings. The lowest BCUT2D eigenvalue weighted by Crippen LogP contribution is -2.12. The van der Waals surface area contributed by atoms with Gasteiger partial charge in [0.25, 0.3) is 0 Å². The third-order valence-corrected chi connectivity index (χ3v) is 3.32. The molecular formula is C15H13N3O3S. The molecule has 1 aromatic heterocycles. The van der Waals surface area contributed by atoms with Crippen molar-refractivity contribution in [1.29, 1.82) is 5.26 Å². The summed E-state index contributed by atoms with van der Waals surface area (Å²) in [6.45, 7) is 0. The van der Waals surface area contributed by atoms with Crippen LogP contribution in [-0.4, -0.2) is 24.5 Å². The van der Waals surface area contributed by atoms with Gasteiger partial charge in [0, 0.05) is 5.56 Å². The summed E-state index contributed by atoms with van der Waals surface area (Å²) in [5, 5.41) is 11.7. The number of nitrogens with one attached hydrogen (secondary N) is 1. The van der Waals surface area contributed by atoms with Gasteiger partial charge in [-0.25, -0.2) is 9.79 Å². The normalized spacial score (nSPS) is 10.9. The number of methoxy groups -OCH3 is 1. The van der Waals surface area contributed by atoms with Crippen molar-refractivity contribution < 1.29 is 13.9 Å². The van der Waals surface area contributed by atoms with Gasteiger partial charge >= 0.3 is 5.97 Å². The fourth-order valence-electron chi connectivity index (χ4n) is 1.75. The van der Waals surface area contributed by atoms with E-state index in [0.717, 1.165) is 0 Å². The van der Waals surface area contributed by atoms with Gasteiger partial charge in [0.15, 0.2) is 11.4 Å². The predicted octanol–water partition coefficient (Wildman–Crippen LogP) is 3.15. The van der Waals surface area contributed by atoms with Gasteiger partial charge < -0.3 is 9.15 Å². The Kier molecular flexibility index (Phi) is 5.22.